The Balaban J connectivity index is 1.85. The number of methoxy groups -OCH3 is 1. The molecule has 0 spiro atoms. The molecule has 0 fully saturated rings. The molecule has 7 nitrogen and oxygen atoms in total. The number of ether oxygens (including phenoxy) is 1. The van der Waals surface area contributed by atoms with Gasteiger partial charge in [0, 0.05) is 22.7 Å². The summed E-state index contributed by atoms with van der Waals surface area (Å²) in [6.07, 6.45) is 1.70. The van der Waals surface area contributed by atoms with Crippen LogP contribution in [-0.4, -0.2) is 35.8 Å². The maximum Gasteiger partial charge on any atom is 0.328 e. The summed E-state index contributed by atoms with van der Waals surface area (Å²) in [6.45, 7) is 0. The van der Waals surface area contributed by atoms with Gasteiger partial charge in [0.1, 0.15) is 5.75 Å². The van der Waals surface area contributed by atoms with Gasteiger partial charge in [0.05, 0.1) is 18.6 Å². The Bertz CT molecular complexity index is 849. The fourth-order valence-electron chi connectivity index (χ4n) is 2.05. The zero-order valence-electron chi connectivity index (χ0n) is 14.5. The molecule has 2 amide bonds. The molecule has 2 rings (SSSR count). The Morgan fingerprint density at radius 2 is 1.74 bits per heavy atom. The molecular formula is C19H18N2O5S. The van der Waals surface area contributed by atoms with Crippen LogP contribution < -0.4 is 15.4 Å². The molecule has 0 bridgehead atoms. The summed E-state index contributed by atoms with van der Waals surface area (Å²) in [5.41, 5.74) is 1.14. The number of thioether (sulfide) groups is 1. The topological polar surface area (TPSA) is 105 Å². The largest absolute Gasteiger partial charge is 0.495 e. The van der Waals surface area contributed by atoms with E-state index in [2.05, 4.69) is 10.6 Å². The number of carbonyl (C=O) groups excluding carboxylic acids is 2. The molecule has 0 aliphatic heterocycles. The van der Waals surface area contributed by atoms with Gasteiger partial charge in [-0.3, -0.25) is 9.59 Å². The molecule has 8 heteroatoms. The third-order valence-corrected chi connectivity index (χ3v) is 4.26. The van der Waals surface area contributed by atoms with Crippen LogP contribution in [0.25, 0.3) is 0 Å². The summed E-state index contributed by atoms with van der Waals surface area (Å²) in [6, 6.07) is 14.0. The fourth-order valence-corrected chi connectivity index (χ4v) is 2.75. The molecule has 2 aromatic rings. The minimum atomic E-state index is -1.19. The predicted molar refractivity (Wildman–Crippen MR) is 104 cm³/mol. The molecule has 0 heterocycles. The van der Waals surface area contributed by atoms with Gasteiger partial charge >= 0.3 is 5.97 Å². The highest BCUT2D eigenvalue weighted by Crippen LogP contribution is 2.24. The van der Waals surface area contributed by atoms with Crippen molar-refractivity contribution < 1.29 is 24.2 Å². The number of nitrogens with one attached hydrogen (secondary N) is 2. The Labute approximate surface area is 160 Å². The first-order valence-corrected chi connectivity index (χ1v) is 8.84. The Hall–Kier alpha value is -3.26. The second kappa shape index (κ2) is 10.0. The van der Waals surface area contributed by atoms with Gasteiger partial charge in [-0.2, -0.15) is 0 Å². The lowest BCUT2D eigenvalue weighted by molar-refractivity contribution is -0.131. The quantitative estimate of drug-likeness (QED) is 0.476. The average molecular weight is 386 g/mol. The third kappa shape index (κ3) is 6.87. The van der Waals surface area contributed by atoms with Crippen LogP contribution in [0.2, 0.25) is 0 Å². The number of anilines is 2. The van der Waals surface area contributed by atoms with E-state index >= 15 is 0 Å². The van der Waals surface area contributed by atoms with Crippen LogP contribution in [0.1, 0.15) is 0 Å². The van der Waals surface area contributed by atoms with E-state index in [1.54, 1.807) is 36.4 Å². The van der Waals surface area contributed by atoms with E-state index in [0.29, 0.717) is 17.1 Å². The number of rotatable bonds is 8. The third-order valence-electron chi connectivity index (χ3n) is 3.25. The molecule has 0 saturated heterocycles. The Kier molecular flexibility index (Phi) is 7.45. The van der Waals surface area contributed by atoms with Crippen LogP contribution in [0.15, 0.2) is 65.6 Å². The average Bonchev–Trinajstić information content (AvgIpc) is 2.66. The van der Waals surface area contributed by atoms with E-state index in [-0.39, 0.29) is 11.7 Å². The second-order valence-electron chi connectivity index (χ2n) is 5.22. The monoisotopic (exact) mass is 386 g/mol. The van der Waals surface area contributed by atoms with Crippen molar-refractivity contribution in [1.82, 2.24) is 0 Å². The second-order valence-corrected chi connectivity index (χ2v) is 6.27. The van der Waals surface area contributed by atoms with Gasteiger partial charge in [0.25, 0.3) is 0 Å². The lowest BCUT2D eigenvalue weighted by atomic mass is 10.3. The van der Waals surface area contributed by atoms with Crippen LogP contribution in [0.4, 0.5) is 11.4 Å². The van der Waals surface area contributed by atoms with Crippen molar-refractivity contribution >= 4 is 40.9 Å². The van der Waals surface area contributed by atoms with Gasteiger partial charge in [-0.1, -0.05) is 12.1 Å². The van der Waals surface area contributed by atoms with E-state index < -0.39 is 11.9 Å². The van der Waals surface area contributed by atoms with Crippen LogP contribution in [-0.2, 0) is 14.4 Å². The molecule has 2 aromatic carbocycles. The summed E-state index contributed by atoms with van der Waals surface area (Å²) in [5.74, 6) is -1.09. The van der Waals surface area contributed by atoms with Gasteiger partial charge in [-0.15, -0.1) is 11.8 Å². The van der Waals surface area contributed by atoms with Crippen molar-refractivity contribution in [1.29, 1.82) is 0 Å². The SMILES string of the molecule is COc1ccccc1NC(=O)CSc1ccc(NC(=O)/C=C/C(=O)O)cc1. The predicted octanol–water partition coefficient (Wildman–Crippen LogP) is 3.01. The number of aliphatic carboxylic acids is 1. The van der Waals surface area contributed by atoms with E-state index in [0.717, 1.165) is 17.0 Å². The van der Waals surface area contributed by atoms with Crippen molar-refractivity contribution in [2.24, 2.45) is 0 Å². The van der Waals surface area contributed by atoms with Crippen LogP contribution in [0, 0.1) is 0 Å². The number of hydrogen-bond acceptors (Lipinski definition) is 5. The normalized spacial score (nSPS) is 10.4. The number of carboxylic acid groups (broad SMARTS) is 1. The van der Waals surface area contributed by atoms with E-state index in [4.69, 9.17) is 9.84 Å². The molecule has 0 radical (unpaired) electrons. The van der Waals surface area contributed by atoms with Crippen molar-refractivity contribution in [3.63, 3.8) is 0 Å². The standard InChI is InChI=1S/C19H18N2O5S/c1-26-16-5-3-2-4-15(16)21-18(23)12-27-14-8-6-13(7-9-14)20-17(22)10-11-19(24)25/h2-11H,12H2,1H3,(H,20,22)(H,21,23)(H,24,25)/b11-10+. The van der Waals surface area contributed by atoms with Crippen LogP contribution in [0.3, 0.4) is 0 Å². The van der Waals surface area contributed by atoms with E-state index in [9.17, 15) is 14.4 Å². The zero-order chi connectivity index (χ0) is 19.6. The fraction of sp³-hybridized carbons (Fsp3) is 0.105. The minimum Gasteiger partial charge on any atom is -0.495 e. The highest BCUT2D eigenvalue weighted by Gasteiger charge is 2.08. The molecular weight excluding hydrogens is 368 g/mol. The molecule has 0 atom stereocenters. The molecule has 0 aliphatic rings. The molecule has 0 unspecified atom stereocenters. The maximum absolute atomic E-state index is 12.1. The van der Waals surface area contributed by atoms with Gasteiger partial charge in [0.2, 0.25) is 11.8 Å². The van der Waals surface area contributed by atoms with Crippen molar-refractivity contribution in [3.05, 3.63) is 60.7 Å². The van der Waals surface area contributed by atoms with E-state index in [1.807, 2.05) is 12.1 Å². The number of benzene rings is 2. The first-order chi connectivity index (χ1) is 13.0. The summed E-state index contributed by atoms with van der Waals surface area (Å²) in [4.78, 5) is 34.8. The minimum absolute atomic E-state index is 0.166. The van der Waals surface area contributed by atoms with Crippen molar-refractivity contribution in [2.45, 2.75) is 4.90 Å². The first kappa shape index (κ1) is 20.1. The lowest BCUT2D eigenvalue weighted by Crippen LogP contribution is -2.14. The maximum atomic E-state index is 12.1. The number of amides is 2. The van der Waals surface area contributed by atoms with Crippen LogP contribution >= 0.6 is 11.8 Å². The van der Waals surface area contributed by atoms with Gasteiger partial charge in [-0.05, 0) is 36.4 Å². The number of hydrogen-bond donors (Lipinski definition) is 3. The summed E-state index contributed by atoms with van der Waals surface area (Å²) in [7, 11) is 1.54. The first-order valence-electron chi connectivity index (χ1n) is 7.85. The highest BCUT2D eigenvalue weighted by molar-refractivity contribution is 8.00. The number of carboxylic acids is 1. The molecule has 0 aromatic heterocycles. The van der Waals surface area contributed by atoms with Gasteiger partial charge in [0.15, 0.2) is 0 Å². The van der Waals surface area contributed by atoms with E-state index in [1.165, 1.54) is 18.9 Å². The summed E-state index contributed by atoms with van der Waals surface area (Å²) < 4.78 is 5.19. The summed E-state index contributed by atoms with van der Waals surface area (Å²) >= 11 is 1.35. The van der Waals surface area contributed by atoms with Gasteiger partial charge in [-0.25, -0.2) is 4.79 Å². The van der Waals surface area contributed by atoms with Gasteiger partial charge < -0.3 is 20.5 Å². The van der Waals surface area contributed by atoms with Crippen molar-refractivity contribution in [2.75, 3.05) is 23.5 Å². The van der Waals surface area contributed by atoms with Crippen LogP contribution in [0.5, 0.6) is 5.75 Å². The molecule has 140 valence electrons. The molecule has 0 saturated carbocycles. The number of para-hydroxylation sites is 2. The summed E-state index contributed by atoms with van der Waals surface area (Å²) in [5, 5.41) is 13.8. The molecule has 27 heavy (non-hydrogen) atoms. The number of carbonyl (C=O) groups is 3. The molecule has 0 aliphatic carbocycles. The lowest BCUT2D eigenvalue weighted by Gasteiger charge is -2.09. The highest BCUT2D eigenvalue weighted by atomic mass is 32.2. The smallest absolute Gasteiger partial charge is 0.328 e. The Morgan fingerprint density at radius 1 is 1.04 bits per heavy atom. The Morgan fingerprint density at radius 3 is 2.41 bits per heavy atom. The zero-order valence-corrected chi connectivity index (χ0v) is 15.3. The molecule has 3 N–H and O–H groups in total. The van der Waals surface area contributed by atoms with Crippen molar-refractivity contribution in [3.8, 4) is 5.75 Å².